The molecule has 0 aliphatic carbocycles. The predicted octanol–water partition coefficient (Wildman–Crippen LogP) is 2.44. The lowest BCUT2D eigenvalue weighted by Crippen LogP contribution is -2.14. The van der Waals surface area contributed by atoms with E-state index < -0.39 is 9.84 Å². The number of alkyl halides is 1. The maximum atomic E-state index is 11.6. The van der Waals surface area contributed by atoms with Crippen molar-refractivity contribution >= 4 is 25.8 Å². The van der Waals surface area contributed by atoms with Crippen LogP contribution < -0.4 is 0 Å². The SMILES string of the molecule is CCS(=O)(=O)c1ccc(C(Br)N(C)C)cc1. The molecule has 1 atom stereocenters. The Labute approximate surface area is 106 Å². The number of halogens is 1. The number of nitrogens with zero attached hydrogens (tertiary/aromatic N) is 1. The first-order valence-corrected chi connectivity index (χ1v) is 7.58. The predicted molar refractivity (Wildman–Crippen MR) is 69.5 cm³/mol. The molecule has 1 aromatic carbocycles. The van der Waals surface area contributed by atoms with E-state index >= 15 is 0 Å². The molecule has 0 aromatic heterocycles. The summed E-state index contributed by atoms with van der Waals surface area (Å²) in [5.41, 5.74) is 1.04. The van der Waals surface area contributed by atoms with E-state index in [2.05, 4.69) is 15.9 Å². The van der Waals surface area contributed by atoms with Crippen molar-refractivity contribution in [3.63, 3.8) is 0 Å². The van der Waals surface area contributed by atoms with Gasteiger partial charge in [0, 0.05) is 0 Å². The van der Waals surface area contributed by atoms with Crippen LogP contribution in [0.2, 0.25) is 0 Å². The second-order valence-electron chi connectivity index (χ2n) is 3.77. The van der Waals surface area contributed by atoms with Gasteiger partial charge < -0.3 is 0 Å². The average Bonchev–Trinajstić information content (AvgIpc) is 2.28. The Morgan fingerprint density at radius 2 is 1.75 bits per heavy atom. The summed E-state index contributed by atoms with van der Waals surface area (Å²) < 4.78 is 23.2. The lowest BCUT2D eigenvalue weighted by Gasteiger charge is -2.18. The van der Waals surface area contributed by atoms with Crippen LogP contribution in [0.5, 0.6) is 0 Å². The molecule has 1 rings (SSSR count). The van der Waals surface area contributed by atoms with Crippen molar-refractivity contribution in [3.05, 3.63) is 29.8 Å². The highest BCUT2D eigenvalue weighted by Gasteiger charge is 2.13. The van der Waals surface area contributed by atoms with Crippen molar-refractivity contribution in [2.45, 2.75) is 16.8 Å². The van der Waals surface area contributed by atoms with Gasteiger partial charge in [-0.2, -0.15) is 0 Å². The Hall–Kier alpha value is -0.390. The molecule has 5 heteroatoms. The molecule has 1 unspecified atom stereocenters. The molecule has 0 saturated carbocycles. The van der Waals surface area contributed by atoms with E-state index in [1.165, 1.54) is 0 Å². The van der Waals surface area contributed by atoms with E-state index in [0.29, 0.717) is 4.90 Å². The molecule has 0 heterocycles. The minimum absolute atomic E-state index is 0.103. The highest BCUT2D eigenvalue weighted by molar-refractivity contribution is 9.09. The second-order valence-corrected chi connectivity index (χ2v) is 6.92. The summed E-state index contributed by atoms with van der Waals surface area (Å²) in [7, 11) is 0.819. The third kappa shape index (κ3) is 3.06. The van der Waals surface area contributed by atoms with Crippen LogP contribution >= 0.6 is 15.9 Å². The smallest absolute Gasteiger partial charge is 0.178 e. The fraction of sp³-hybridized carbons (Fsp3) is 0.455. The maximum Gasteiger partial charge on any atom is 0.178 e. The zero-order valence-corrected chi connectivity index (χ0v) is 12.0. The van der Waals surface area contributed by atoms with Gasteiger partial charge in [-0.1, -0.05) is 35.0 Å². The topological polar surface area (TPSA) is 37.4 Å². The number of rotatable bonds is 4. The summed E-state index contributed by atoms with van der Waals surface area (Å²) in [5, 5.41) is 0. The molecule has 0 saturated heterocycles. The van der Waals surface area contributed by atoms with Crippen LogP contribution in [-0.4, -0.2) is 33.2 Å². The first kappa shape index (κ1) is 13.7. The van der Waals surface area contributed by atoms with Gasteiger partial charge in [-0.15, -0.1) is 0 Å². The van der Waals surface area contributed by atoms with Crippen LogP contribution in [0.1, 0.15) is 17.4 Å². The highest BCUT2D eigenvalue weighted by atomic mass is 79.9. The van der Waals surface area contributed by atoms with Gasteiger partial charge in [0.15, 0.2) is 9.84 Å². The summed E-state index contributed by atoms with van der Waals surface area (Å²) in [6, 6.07) is 6.99. The third-order valence-corrected chi connectivity index (χ3v) is 5.45. The maximum absolute atomic E-state index is 11.6. The van der Waals surface area contributed by atoms with E-state index in [9.17, 15) is 8.42 Å². The van der Waals surface area contributed by atoms with Gasteiger partial charge in [0.05, 0.1) is 15.6 Å². The summed E-state index contributed by atoms with van der Waals surface area (Å²) in [6.45, 7) is 1.65. The molecule has 0 bridgehead atoms. The standard InChI is InChI=1S/C11H16BrNO2S/c1-4-16(14,15)10-7-5-9(6-8-10)11(12)13(2)3/h5-8,11H,4H2,1-3H3. The summed E-state index contributed by atoms with van der Waals surface area (Å²) in [6.07, 6.45) is 0. The average molecular weight is 306 g/mol. The molecular weight excluding hydrogens is 290 g/mol. The molecular formula is C11H16BrNO2S. The van der Waals surface area contributed by atoms with Gasteiger partial charge in [0.25, 0.3) is 0 Å². The molecule has 0 N–H and O–H groups in total. The van der Waals surface area contributed by atoms with E-state index in [1.54, 1.807) is 19.1 Å². The monoisotopic (exact) mass is 305 g/mol. The molecule has 0 spiro atoms. The molecule has 0 amide bonds. The summed E-state index contributed by atoms with van der Waals surface area (Å²) >= 11 is 3.52. The summed E-state index contributed by atoms with van der Waals surface area (Å²) in [5.74, 6) is 0.137. The van der Waals surface area contributed by atoms with Gasteiger partial charge >= 0.3 is 0 Å². The summed E-state index contributed by atoms with van der Waals surface area (Å²) in [4.78, 5) is 2.49. The van der Waals surface area contributed by atoms with Crippen molar-refractivity contribution in [1.29, 1.82) is 0 Å². The number of sulfone groups is 1. The minimum Gasteiger partial charge on any atom is -0.293 e. The van der Waals surface area contributed by atoms with Crippen molar-refractivity contribution < 1.29 is 8.42 Å². The first-order valence-electron chi connectivity index (χ1n) is 5.01. The Morgan fingerprint density at radius 3 is 2.12 bits per heavy atom. The van der Waals surface area contributed by atoms with Gasteiger partial charge in [-0.25, -0.2) is 8.42 Å². The van der Waals surface area contributed by atoms with Crippen LogP contribution in [0.3, 0.4) is 0 Å². The molecule has 90 valence electrons. The normalized spacial score (nSPS) is 14.1. The number of hydrogen-bond acceptors (Lipinski definition) is 3. The molecule has 1 aromatic rings. The van der Waals surface area contributed by atoms with E-state index in [1.807, 2.05) is 31.1 Å². The van der Waals surface area contributed by atoms with E-state index in [4.69, 9.17) is 0 Å². The molecule has 3 nitrogen and oxygen atoms in total. The lowest BCUT2D eigenvalue weighted by atomic mass is 10.2. The largest absolute Gasteiger partial charge is 0.293 e. The Bertz CT molecular complexity index is 440. The zero-order chi connectivity index (χ0) is 12.3. The van der Waals surface area contributed by atoms with Crippen LogP contribution in [-0.2, 0) is 9.84 Å². The molecule has 0 fully saturated rings. The van der Waals surface area contributed by atoms with Gasteiger partial charge in [0.1, 0.15) is 0 Å². The van der Waals surface area contributed by atoms with Crippen LogP contribution in [0, 0.1) is 0 Å². The zero-order valence-electron chi connectivity index (χ0n) is 9.64. The minimum atomic E-state index is -3.09. The molecule has 16 heavy (non-hydrogen) atoms. The van der Waals surface area contributed by atoms with Gasteiger partial charge in [-0.3, -0.25) is 4.90 Å². The fourth-order valence-corrected chi connectivity index (χ4v) is 2.49. The third-order valence-electron chi connectivity index (χ3n) is 2.35. The molecule has 0 radical (unpaired) electrons. The Kier molecular flexibility index (Phi) is 4.52. The van der Waals surface area contributed by atoms with Crippen LogP contribution in [0.15, 0.2) is 29.2 Å². The van der Waals surface area contributed by atoms with Gasteiger partial charge in [0.2, 0.25) is 0 Å². The van der Waals surface area contributed by atoms with Crippen molar-refractivity contribution in [2.24, 2.45) is 0 Å². The number of benzene rings is 1. The van der Waals surface area contributed by atoms with Crippen molar-refractivity contribution in [3.8, 4) is 0 Å². The Morgan fingerprint density at radius 1 is 1.25 bits per heavy atom. The van der Waals surface area contributed by atoms with Crippen molar-refractivity contribution in [1.82, 2.24) is 4.90 Å². The van der Waals surface area contributed by atoms with E-state index in [0.717, 1.165) is 5.56 Å². The number of hydrogen-bond donors (Lipinski definition) is 0. The van der Waals surface area contributed by atoms with E-state index in [-0.39, 0.29) is 10.7 Å². The Balaban J connectivity index is 3.01. The first-order chi connectivity index (χ1) is 7.38. The van der Waals surface area contributed by atoms with Gasteiger partial charge in [-0.05, 0) is 31.8 Å². The quantitative estimate of drug-likeness (QED) is 0.633. The highest BCUT2D eigenvalue weighted by Crippen LogP contribution is 2.25. The van der Waals surface area contributed by atoms with Crippen LogP contribution in [0.25, 0.3) is 0 Å². The molecule has 0 aliphatic heterocycles. The molecule has 0 aliphatic rings. The fourth-order valence-electron chi connectivity index (χ4n) is 1.30. The van der Waals surface area contributed by atoms with Crippen LogP contribution in [0.4, 0.5) is 0 Å². The second kappa shape index (κ2) is 5.29. The lowest BCUT2D eigenvalue weighted by molar-refractivity contribution is 0.398. The van der Waals surface area contributed by atoms with Crippen molar-refractivity contribution in [2.75, 3.05) is 19.8 Å².